The molecule has 0 saturated heterocycles. The van der Waals surface area contributed by atoms with E-state index in [9.17, 15) is 4.79 Å². The van der Waals surface area contributed by atoms with E-state index in [-0.39, 0.29) is 11.9 Å². The van der Waals surface area contributed by atoms with E-state index in [0.29, 0.717) is 11.1 Å². The Kier molecular flexibility index (Phi) is 3.46. The van der Waals surface area contributed by atoms with Crippen LogP contribution in [0, 0.1) is 0 Å². The van der Waals surface area contributed by atoms with Gasteiger partial charge in [0.1, 0.15) is 11.8 Å². The first-order valence-electron chi connectivity index (χ1n) is 6.78. The molecule has 3 aromatic rings. The molecule has 0 bridgehead atoms. The Morgan fingerprint density at radius 3 is 2.57 bits per heavy atom. The van der Waals surface area contributed by atoms with Gasteiger partial charge in [0.25, 0.3) is 5.91 Å². The number of nitrogens with two attached hydrogens (primary N) is 1. The molecule has 4 heteroatoms. The van der Waals surface area contributed by atoms with E-state index in [0.717, 1.165) is 16.6 Å². The van der Waals surface area contributed by atoms with Crippen molar-refractivity contribution in [1.82, 2.24) is 0 Å². The van der Waals surface area contributed by atoms with Gasteiger partial charge in [0.05, 0.1) is 5.56 Å². The summed E-state index contributed by atoms with van der Waals surface area (Å²) >= 11 is 0. The summed E-state index contributed by atoms with van der Waals surface area (Å²) in [4.78, 5) is 12.3. The Bertz CT molecular complexity index is 773. The Balaban J connectivity index is 1.83. The Morgan fingerprint density at radius 2 is 1.86 bits per heavy atom. The third-order valence-electron chi connectivity index (χ3n) is 3.42. The average Bonchev–Trinajstić information content (AvgIpc) is 2.92. The second-order valence-electron chi connectivity index (χ2n) is 5.01. The lowest BCUT2D eigenvalue weighted by Crippen LogP contribution is -2.11. The zero-order chi connectivity index (χ0) is 14.8. The van der Waals surface area contributed by atoms with Gasteiger partial charge in [-0.1, -0.05) is 30.3 Å². The van der Waals surface area contributed by atoms with Crippen LogP contribution in [-0.4, -0.2) is 5.91 Å². The molecule has 1 amide bonds. The number of anilines is 1. The molecule has 3 rings (SSSR count). The van der Waals surface area contributed by atoms with Crippen LogP contribution in [0.3, 0.4) is 0 Å². The van der Waals surface area contributed by atoms with Crippen LogP contribution in [0.25, 0.3) is 11.0 Å². The largest absolute Gasteiger partial charge is 0.463 e. The molecule has 4 nitrogen and oxygen atoms in total. The van der Waals surface area contributed by atoms with Crippen molar-refractivity contribution in [2.24, 2.45) is 5.73 Å². The van der Waals surface area contributed by atoms with Gasteiger partial charge in [0, 0.05) is 17.1 Å². The highest BCUT2D eigenvalue weighted by Gasteiger charge is 2.13. The predicted molar refractivity (Wildman–Crippen MR) is 83.2 cm³/mol. The monoisotopic (exact) mass is 280 g/mol. The second kappa shape index (κ2) is 5.42. The van der Waals surface area contributed by atoms with Crippen LogP contribution in [0.5, 0.6) is 0 Å². The van der Waals surface area contributed by atoms with Gasteiger partial charge in [-0.15, -0.1) is 0 Å². The first-order valence-corrected chi connectivity index (χ1v) is 6.78. The van der Waals surface area contributed by atoms with E-state index in [1.807, 2.05) is 55.5 Å². The number of amides is 1. The predicted octanol–water partition coefficient (Wildman–Crippen LogP) is 3.70. The Morgan fingerprint density at radius 1 is 1.14 bits per heavy atom. The number of fused-ring (bicyclic) bond motifs is 1. The minimum absolute atomic E-state index is 0.0208. The molecule has 106 valence electrons. The van der Waals surface area contributed by atoms with Crippen molar-refractivity contribution in [3.8, 4) is 0 Å². The highest BCUT2D eigenvalue weighted by molar-refractivity contribution is 6.12. The lowest BCUT2D eigenvalue weighted by atomic mass is 10.1. The van der Waals surface area contributed by atoms with Gasteiger partial charge >= 0.3 is 0 Å². The van der Waals surface area contributed by atoms with Crippen LogP contribution in [0.1, 0.15) is 28.9 Å². The van der Waals surface area contributed by atoms with Crippen LogP contribution >= 0.6 is 0 Å². The van der Waals surface area contributed by atoms with Gasteiger partial charge in [0.2, 0.25) is 0 Å². The second-order valence-corrected chi connectivity index (χ2v) is 5.01. The highest BCUT2D eigenvalue weighted by Crippen LogP contribution is 2.22. The number of carbonyl (C=O) groups is 1. The maximum atomic E-state index is 12.3. The summed E-state index contributed by atoms with van der Waals surface area (Å²) in [6.45, 7) is 1.92. The van der Waals surface area contributed by atoms with Gasteiger partial charge in [-0.25, -0.2) is 0 Å². The Labute approximate surface area is 122 Å². The topological polar surface area (TPSA) is 68.3 Å². The fraction of sp³-hybridized carbons (Fsp3) is 0.118. The van der Waals surface area contributed by atoms with Crippen molar-refractivity contribution in [3.05, 3.63) is 65.9 Å². The third-order valence-corrected chi connectivity index (χ3v) is 3.42. The van der Waals surface area contributed by atoms with E-state index in [4.69, 9.17) is 10.2 Å². The zero-order valence-electron chi connectivity index (χ0n) is 11.7. The van der Waals surface area contributed by atoms with Crippen LogP contribution in [0.2, 0.25) is 0 Å². The molecule has 0 radical (unpaired) electrons. The maximum Gasteiger partial charge on any atom is 0.259 e. The molecule has 0 aliphatic carbocycles. The molecule has 1 heterocycles. The zero-order valence-corrected chi connectivity index (χ0v) is 11.7. The fourth-order valence-corrected chi connectivity index (χ4v) is 2.22. The lowest BCUT2D eigenvalue weighted by molar-refractivity contribution is 0.102. The summed E-state index contributed by atoms with van der Waals surface area (Å²) in [5.41, 5.74) is 8.80. The van der Waals surface area contributed by atoms with E-state index in [1.165, 1.54) is 6.26 Å². The smallest absolute Gasteiger partial charge is 0.259 e. The summed E-state index contributed by atoms with van der Waals surface area (Å²) in [6.07, 6.45) is 1.48. The summed E-state index contributed by atoms with van der Waals surface area (Å²) in [7, 11) is 0. The molecule has 3 N–H and O–H groups in total. The molecule has 0 aliphatic heterocycles. The van der Waals surface area contributed by atoms with Crippen molar-refractivity contribution in [2.75, 3.05) is 5.32 Å². The van der Waals surface area contributed by atoms with Gasteiger partial charge < -0.3 is 15.5 Å². The molecular formula is C17H16N2O2. The first-order chi connectivity index (χ1) is 10.1. The van der Waals surface area contributed by atoms with Crippen LogP contribution < -0.4 is 11.1 Å². The van der Waals surface area contributed by atoms with Crippen molar-refractivity contribution >= 4 is 22.6 Å². The molecule has 1 aromatic heterocycles. The molecule has 1 atom stereocenters. The number of benzene rings is 2. The normalized spacial score (nSPS) is 12.3. The number of hydrogen-bond acceptors (Lipinski definition) is 3. The van der Waals surface area contributed by atoms with E-state index >= 15 is 0 Å². The Hall–Kier alpha value is -2.59. The van der Waals surface area contributed by atoms with E-state index in [1.54, 1.807) is 0 Å². The van der Waals surface area contributed by atoms with E-state index in [2.05, 4.69) is 5.32 Å². The first kappa shape index (κ1) is 13.4. The molecule has 2 aromatic carbocycles. The SMILES string of the molecule is CC(N)c1ccc(NC(=O)c2coc3ccccc23)cc1. The fourth-order valence-electron chi connectivity index (χ4n) is 2.22. The number of para-hydroxylation sites is 1. The average molecular weight is 280 g/mol. The van der Waals surface area contributed by atoms with Crippen molar-refractivity contribution in [1.29, 1.82) is 0 Å². The van der Waals surface area contributed by atoms with Crippen molar-refractivity contribution in [2.45, 2.75) is 13.0 Å². The van der Waals surface area contributed by atoms with Crippen molar-refractivity contribution in [3.63, 3.8) is 0 Å². The van der Waals surface area contributed by atoms with Gasteiger partial charge in [0.15, 0.2) is 0 Å². The molecule has 1 unspecified atom stereocenters. The number of furan rings is 1. The molecule has 0 saturated carbocycles. The minimum atomic E-state index is -0.187. The summed E-state index contributed by atoms with van der Waals surface area (Å²) in [6, 6.07) is 15.0. The minimum Gasteiger partial charge on any atom is -0.463 e. The standard InChI is InChI=1S/C17H16N2O2/c1-11(18)12-6-8-13(9-7-12)19-17(20)15-10-21-16-5-3-2-4-14(15)16/h2-11H,18H2,1H3,(H,19,20). The number of rotatable bonds is 3. The molecule has 21 heavy (non-hydrogen) atoms. The maximum absolute atomic E-state index is 12.3. The van der Waals surface area contributed by atoms with Gasteiger partial charge in [-0.2, -0.15) is 0 Å². The van der Waals surface area contributed by atoms with E-state index < -0.39 is 0 Å². The molecule has 0 spiro atoms. The number of carbonyl (C=O) groups excluding carboxylic acids is 1. The van der Waals surface area contributed by atoms with Gasteiger partial charge in [-0.05, 0) is 30.7 Å². The van der Waals surface area contributed by atoms with Crippen LogP contribution in [0.15, 0.2) is 59.2 Å². The molecule has 0 fully saturated rings. The summed E-state index contributed by atoms with van der Waals surface area (Å²) in [5.74, 6) is -0.187. The van der Waals surface area contributed by atoms with Crippen LogP contribution in [0.4, 0.5) is 5.69 Å². The van der Waals surface area contributed by atoms with Crippen molar-refractivity contribution < 1.29 is 9.21 Å². The van der Waals surface area contributed by atoms with Gasteiger partial charge in [-0.3, -0.25) is 4.79 Å². The lowest BCUT2D eigenvalue weighted by Gasteiger charge is -2.08. The number of nitrogens with one attached hydrogen (secondary N) is 1. The van der Waals surface area contributed by atoms with Crippen LogP contribution in [-0.2, 0) is 0 Å². The quantitative estimate of drug-likeness (QED) is 0.768. The molecule has 0 aliphatic rings. The summed E-state index contributed by atoms with van der Waals surface area (Å²) in [5, 5.41) is 3.67. The summed E-state index contributed by atoms with van der Waals surface area (Å²) < 4.78 is 5.38. The molecular weight excluding hydrogens is 264 g/mol. The number of hydrogen-bond donors (Lipinski definition) is 2. The third kappa shape index (κ3) is 2.66. The highest BCUT2D eigenvalue weighted by atomic mass is 16.3.